The number of nitrogens with zero attached hydrogens (tertiary/aromatic N) is 2. The third-order valence-corrected chi connectivity index (χ3v) is 6.28. The van der Waals surface area contributed by atoms with E-state index in [2.05, 4.69) is 54.0 Å². The topological polar surface area (TPSA) is 93.1 Å². The molecule has 166 valence electrons. The van der Waals surface area contributed by atoms with E-state index in [-0.39, 0.29) is 22.4 Å². The number of hydrogen-bond acceptors (Lipinski definition) is 4. The normalized spacial score (nSPS) is 11.7. The van der Waals surface area contributed by atoms with Gasteiger partial charge in [-0.05, 0) is 34.7 Å². The van der Waals surface area contributed by atoms with Crippen molar-refractivity contribution in [1.29, 1.82) is 0 Å². The van der Waals surface area contributed by atoms with Crippen LogP contribution in [0.2, 0.25) is 0 Å². The maximum Gasteiger partial charge on any atom is 0.256 e. The summed E-state index contributed by atoms with van der Waals surface area (Å²) in [4.78, 5) is 12.7. The molecular weight excluding hydrogens is 424 g/mol. The van der Waals surface area contributed by atoms with Crippen LogP contribution in [0.1, 0.15) is 42.3 Å². The number of terminal acetylenes is 1. The predicted molar refractivity (Wildman–Crippen MR) is 125 cm³/mol. The minimum atomic E-state index is -3.79. The largest absolute Gasteiger partial charge is 0.307 e. The van der Waals surface area contributed by atoms with Crippen LogP contribution in [0.5, 0.6) is 0 Å². The zero-order valence-corrected chi connectivity index (χ0v) is 19.1. The molecule has 0 saturated carbocycles. The maximum atomic E-state index is 12.8. The van der Waals surface area contributed by atoms with Gasteiger partial charge in [0.15, 0.2) is 0 Å². The van der Waals surface area contributed by atoms with Crippen molar-refractivity contribution in [2.75, 3.05) is 11.9 Å². The van der Waals surface area contributed by atoms with E-state index in [4.69, 9.17) is 6.42 Å². The first-order valence-corrected chi connectivity index (χ1v) is 11.5. The zero-order valence-electron chi connectivity index (χ0n) is 18.3. The van der Waals surface area contributed by atoms with Crippen LogP contribution in [0, 0.1) is 12.3 Å². The van der Waals surface area contributed by atoms with Gasteiger partial charge in [-0.3, -0.25) is 4.79 Å². The van der Waals surface area contributed by atoms with Crippen LogP contribution in [0.3, 0.4) is 0 Å². The molecule has 7 nitrogen and oxygen atoms in total. The highest BCUT2D eigenvalue weighted by Gasteiger charge is 2.17. The molecule has 0 unspecified atom stereocenters. The number of anilines is 1. The Morgan fingerprint density at radius 3 is 2.50 bits per heavy atom. The zero-order chi connectivity index (χ0) is 23.4. The summed E-state index contributed by atoms with van der Waals surface area (Å²) in [6.45, 7) is 6.84. The average Bonchev–Trinajstić information content (AvgIpc) is 3.18. The third kappa shape index (κ3) is 5.63. The summed E-state index contributed by atoms with van der Waals surface area (Å²) >= 11 is 0. The lowest BCUT2D eigenvalue weighted by molar-refractivity contribution is 0.102. The molecule has 0 spiro atoms. The Labute approximate surface area is 188 Å². The number of benzene rings is 2. The molecule has 0 atom stereocenters. The van der Waals surface area contributed by atoms with Gasteiger partial charge in [-0.2, -0.15) is 9.82 Å². The van der Waals surface area contributed by atoms with Crippen molar-refractivity contribution in [2.24, 2.45) is 0 Å². The first-order chi connectivity index (χ1) is 15.1. The molecule has 2 N–H and O–H groups in total. The molecule has 0 fully saturated rings. The number of aromatic nitrogens is 2. The molecule has 3 rings (SSSR count). The average molecular weight is 451 g/mol. The van der Waals surface area contributed by atoms with Crippen LogP contribution >= 0.6 is 0 Å². The standard InChI is InChI=1S/C24H26N4O3S/c1-5-14-26-32(30,31)21-8-6-7-19(16-21)23(29)27-22-13-15-25-28(22)17-18-9-11-20(12-10-18)24(2,3)4/h1,6-13,15-16,26H,14,17H2,2-4H3,(H,27,29). The van der Waals surface area contributed by atoms with Gasteiger partial charge in [0.05, 0.1) is 24.2 Å². The van der Waals surface area contributed by atoms with Crippen LogP contribution in [0.4, 0.5) is 5.82 Å². The smallest absolute Gasteiger partial charge is 0.256 e. The van der Waals surface area contributed by atoms with Crippen LogP contribution in [0.15, 0.2) is 65.7 Å². The number of carbonyl (C=O) groups is 1. The third-order valence-electron chi connectivity index (χ3n) is 4.88. The molecule has 0 radical (unpaired) electrons. The number of carbonyl (C=O) groups excluding carboxylic acids is 1. The van der Waals surface area contributed by atoms with E-state index in [0.717, 1.165) is 5.56 Å². The second kappa shape index (κ2) is 9.39. The highest BCUT2D eigenvalue weighted by molar-refractivity contribution is 7.89. The summed E-state index contributed by atoms with van der Waals surface area (Å²) < 4.78 is 28.5. The molecule has 2 aromatic carbocycles. The fourth-order valence-corrected chi connectivity index (χ4v) is 4.04. The van der Waals surface area contributed by atoms with E-state index in [1.54, 1.807) is 23.0 Å². The van der Waals surface area contributed by atoms with E-state index in [1.165, 1.54) is 23.8 Å². The van der Waals surface area contributed by atoms with Gasteiger partial charge in [-0.1, -0.05) is 57.0 Å². The summed E-state index contributed by atoms with van der Waals surface area (Å²) in [5.41, 5.74) is 2.56. The van der Waals surface area contributed by atoms with E-state index < -0.39 is 15.9 Å². The van der Waals surface area contributed by atoms with Crippen LogP contribution in [-0.2, 0) is 22.0 Å². The summed E-state index contributed by atoms with van der Waals surface area (Å²) in [7, 11) is -3.79. The lowest BCUT2D eigenvalue weighted by atomic mass is 9.87. The van der Waals surface area contributed by atoms with Crippen LogP contribution in [0.25, 0.3) is 0 Å². The van der Waals surface area contributed by atoms with Crippen molar-refractivity contribution >= 4 is 21.7 Å². The second-order valence-corrected chi connectivity index (χ2v) is 10.1. The van der Waals surface area contributed by atoms with Crippen molar-refractivity contribution in [2.45, 2.75) is 37.6 Å². The Balaban J connectivity index is 1.75. The van der Waals surface area contributed by atoms with E-state index >= 15 is 0 Å². The van der Waals surface area contributed by atoms with E-state index in [9.17, 15) is 13.2 Å². The summed E-state index contributed by atoms with van der Waals surface area (Å²) in [6, 6.07) is 15.7. The lowest BCUT2D eigenvalue weighted by Gasteiger charge is -2.19. The molecule has 1 heterocycles. The Hall–Kier alpha value is -3.41. The minimum Gasteiger partial charge on any atom is -0.307 e. The summed E-state index contributed by atoms with van der Waals surface area (Å²) in [6.07, 6.45) is 6.71. The lowest BCUT2D eigenvalue weighted by Crippen LogP contribution is -2.24. The first kappa shape index (κ1) is 23.3. The van der Waals surface area contributed by atoms with Crippen LogP contribution in [-0.4, -0.2) is 30.7 Å². The van der Waals surface area contributed by atoms with Crippen molar-refractivity contribution in [3.8, 4) is 12.3 Å². The first-order valence-electron chi connectivity index (χ1n) is 10.1. The molecule has 32 heavy (non-hydrogen) atoms. The van der Waals surface area contributed by atoms with Crippen molar-refractivity contribution < 1.29 is 13.2 Å². The molecule has 3 aromatic rings. The van der Waals surface area contributed by atoms with Crippen molar-refractivity contribution in [3.63, 3.8) is 0 Å². The Morgan fingerprint density at radius 1 is 1.12 bits per heavy atom. The van der Waals surface area contributed by atoms with Gasteiger partial charge in [0.2, 0.25) is 10.0 Å². The Morgan fingerprint density at radius 2 is 1.84 bits per heavy atom. The molecule has 0 aliphatic rings. The highest BCUT2D eigenvalue weighted by atomic mass is 32.2. The fraction of sp³-hybridized carbons (Fsp3) is 0.250. The number of nitrogens with one attached hydrogen (secondary N) is 2. The van der Waals surface area contributed by atoms with Crippen molar-refractivity contribution in [3.05, 3.63) is 77.5 Å². The number of amides is 1. The summed E-state index contributed by atoms with van der Waals surface area (Å²) in [5.74, 6) is 2.28. The monoisotopic (exact) mass is 450 g/mol. The van der Waals surface area contributed by atoms with Gasteiger partial charge in [0.25, 0.3) is 5.91 Å². The summed E-state index contributed by atoms with van der Waals surface area (Å²) in [5, 5.41) is 7.10. The quantitative estimate of drug-likeness (QED) is 0.540. The molecule has 0 bridgehead atoms. The van der Waals surface area contributed by atoms with Gasteiger partial charge >= 0.3 is 0 Å². The predicted octanol–water partition coefficient (Wildman–Crippen LogP) is 3.39. The Kier molecular flexibility index (Phi) is 6.82. The maximum absolute atomic E-state index is 12.8. The van der Waals surface area contributed by atoms with Crippen LogP contribution < -0.4 is 10.0 Å². The van der Waals surface area contributed by atoms with Gasteiger partial charge < -0.3 is 5.32 Å². The van der Waals surface area contributed by atoms with Gasteiger partial charge in [0.1, 0.15) is 5.82 Å². The number of rotatable bonds is 7. The van der Waals surface area contributed by atoms with Gasteiger partial charge in [-0.25, -0.2) is 13.1 Å². The highest BCUT2D eigenvalue weighted by Crippen LogP contribution is 2.23. The van der Waals surface area contributed by atoms with E-state index in [1.807, 2.05) is 12.1 Å². The fourth-order valence-electron chi connectivity index (χ4n) is 3.06. The molecule has 1 amide bonds. The molecule has 0 aliphatic heterocycles. The Bertz CT molecular complexity index is 1250. The molecular formula is C24H26N4O3S. The van der Waals surface area contributed by atoms with Crippen molar-refractivity contribution in [1.82, 2.24) is 14.5 Å². The molecule has 0 aliphatic carbocycles. The van der Waals surface area contributed by atoms with Gasteiger partial charge in [-0.15, -0.1) is 6.42 Å². The van der Waals surface area contributed by atoms with Gasteiger partial charge in [0, 0.05) is 11.6 Å². The molecule has 0 saturated heterocycles. The number of hydrogen-bond donors (Lipinski definition) is 2. The SMILES string of the molecule is C#CCNS(=O)(=O)c1cccc(C(=O)Nc2ccnn2Cc2ccc(C(C)(C)C)cc2)c1. The molecule has 8 heteroatoms. The van der Waals surface area contributed by atoms with E-state index in [0.29, 0.717) is 12.4 Å². The second-order valence-electron chi connectivity index (χ2n) is 8.33. The number of sulfonamides is 1. The minimum absolute atomic E-state index is 0.0344. The molecule has 1 aromatic heterocycles.